The summed E-state index contributed by atoms with van der Waals surface area (Å²) in [4.78, 5) is 27.8. The maximum Gasteiger partial charge on any atom is 0.227 e. The van der Waals surface area contributed by atoms with Crippen LogP contribution in [0.15, 0.2) is 42.5 Å². The van der Waals surface area contributed by atoms with Crippen molar-refractivity contribution in [2.24, 2.45) is 5.92 Å². The lowest BCUT2D eigenvalue weighted by Crippen LogP contribution is -2.40. The Labute approximate surface area is 170 Å². The van der Waals surface area contributed by atoms with Crippen molar-refractivity contribution in [2.45, 2.75) is 32.9 Å². The lowest BCUT2D eigenvalue weighted by atomic mass is 9.94. The minimum absolute atomic E-state index is 0.00213. The molecule has 0 radical (unpaired) electrons. The van der Waals surface area contributed by atoms with Gasteiger partial charge < -0.3 is 15.1 Å². The van der Waals surface area contributed by atoms with E-state index in [2.05, 4.69) is 11.5 Å². The van der Waals surface area contributed by atoms with E-state index in [9.17, 15) is 14.9 Å². The first kappa shape index (κ1) is 19.0. The van der Waals surface area contributed by atoms with Gasteiger partial charge in [-0.1, -0.05) is 30.3 Å². The summed E-state index contributed by atoms with van der Waals surface area (Å²) >= 11 is 0. The van der Waals surface area contributed by atoms with Crippen LogP contribution in [-0.4, -0.2) is 34.7 Å². The number of carbonyl (C=O) groups excluding carboxylic acids is 2. The summed E-state index contributed by atoms with van der Waals surface area (Å²) in [6.45, 7) is 3.98. The summed E-state index contributed by atoms with van der Waals surface area (Å²) in [5.74, 6) is -0.0195. The number of nitrogens with zero attached hydrogens (tertiary/aromatic N) is 3. The number of hydrogen-bond donors (Lipinski definition) is 1. The third kappa shape index (κ3) is 3.95. The third-order valence-electron chi connectivity index (χ3n) is 5.86. The molecular formula is C23H24N4O2. The molecular weight excluding hydrogens is 364 g/mol. The van der Waals surface area contributed by atoms with E-state index in [0.29, 0.717) is 39.0 Å². The van der Waals surface area contributed by atoms with Crippen molar-refractivity contribution in [3.05, 3.63) is 53.6 Å². The van der Waals surface area contributed by atoms with Crippen molar-refractivity contribution in [2.75, 3.05) is 18.4 Å². The minimum Gasteiger partial charge on any atom is -0.343 e. The van der Waals surface area contributed by atoms with E-state index in [1.54, 1.807) is 16.7 Å². The largest absolute Gasteiger partial charge is 0.343 e. The van der Waals surface area contributed by atoms with Crippen LogP contribution in [0.1, 0.15) is 30.9 Å². The highest BCUT2D eigenvalue weighted by atomic mass is 16.2. The standard InChI is InChI=1S/C23H24N4O2/c1-16(28)27-9-7-18(8-10-27)23(29)25-20-11-19-13-26(15-24)14-22(19)21(12-20)17-5-3-2-4-6-17/h2-6,11-12,18H,7-10,13-14H2,1H3,(H,25,29). The molecule has 29 heavy (non-hydrogen) atoms. The highest BCUT2D eigenvalue weighted by molar-refractivity contribution is 5.94. The lowest BCUT2D eigenvalue weighted by molar-refractivity contribution is -0.132. The molecule has 2 amide bonds. The van der Waals surface area contributed by atoms with Crippen molar-refractivity contribution in [1.82, 2.24) is 9.80 Å². The summed E-state index contributed by atoms with van der Waals surface area (Å²) in [6, 6.07) is 14.1. The Kier molecular flexibility index (Phi) is 5.22. The molecule has 0 unspecified atom stereocenters. The number of hydrogen-bond acceptors (Lipinski definition) is 4. The quantitative estimate of drug-likeness (QED) is 0.818. The average Bonchev–Trinajstić information content (AvgIpc) is 3.17. The second-order valence-electron chi connectivity index (χ2n) is 7.75. The van der Waals surface area contributed by atoms with Crippen LogP contribution in [0.5, 0.6) is 0 Å². The van der Waals surface area contributed by atoms with Crippen LogP contribution in [-0.2, 0) is 22.7 Å². The maximum atomic E-state index is 12.8. The van der Waals surface area contributed by atoms with Crippen LogP contribution in [0.4, 0.5) is 5.69 Å². The Morgan fingerprint density at radius 1 is 1.10 bits per heavy atom. The highest BCUT2D eigenvalue weighted by Gasteiger charge is 2.27. The summed E-state index contributed by atoms with van der Waals surface area (Å²) in [7, 11) is 0. The monoisotopic (exact) mass is 388 g/mol. The molecule has 2 heterocycles. The van der Waals surface area contributed by atoms with Crippen molar-refractivity contribution < 1.29 is 9.59 Å². The Morgan fingerprint density at radius 2 is 1.83 bits per heavy atom. The number of likely N-dealkylation sites (tertiary alicyclic amines) is 1. The van der Waals surface area contributed by atoms with E-state index in [0.717, 1.165) is 27.9 Å². The fourth-order valence-electron chi connectivity index (χ4n) is 4.23. The smallest absolute Gasteiger partial charge is 0.227 e. The first-order valence-electron chi connectivity index (χ1n) is 9.97. The van der Waals surface area contributed by atoms with Gasteiger partial charge in [0.05, 0.1) is 13.1 Å². The molecule has 0 aliphatic carbocycles. The van der Waals surface area contributed by atoms with Crippen molar-refractivity contribution in [3.8, 4) is 17.3 Å². The molecule has 148 valence electrons. The SMILES string of the molecule is CC(=O)N1CCC(C(=O)Nc2cc3c(c(-c4ccccc4)c2)CN(C#N)C3)CC1. The molecule has 1 fully saturated rings. The average molecular weight is 388 g/mol. The minimum atomic E-state index is -0.0883. The molecule has 0 aromatic heterocycles. The number of rotatable bonds is 3. The van der Waals surface area contributed by atoms with Crippen molar-refractivity contribution >= 4 is 17.5 Å². The molecule has 4 rings (SSSR count). The van der Waals surface area contributed by atoms with Crippen molar-refractivity contribution in [1.29, 1.82) is 5.26 Å². The first-order chi connectivity index (χ1) is 14.0. The van der Waals surface area contributed by atoms with Gasteiger partial charge in [0, 0.05) is 31.6 Å². The van der Waals surface area contributed by atoms with Crippen LogP contribution >= 0.6 is 0 Å². The van der Waals surface area contributed by atoms with Crippen LogP contribution in [0.25, 0.3) is 11.1 Å². The number of nitrogens with one attached hydrogen (secondary N) is 1. The number of nitriles is 1. The number of piperidine rings is 1. The summed E-state index contributed by atoms with van der Waals surface area (Å²) in [6.07, 6.45) is 3.60. The topological polar surface area (TPSA) is 76.4 Å². The molecule has 1 saturated heterocycles. The zero-order valence-corrected chi connectivity index (χ0v) is 16.5. The van der Waals surface area contributed by atoms with Crippen LogP contribution < -0.4 is 5.32 Å². The molecule has 6 heteroatoms. The molecule has 1 N–H and O–H groups in total. The molecule has 2 aliphatic heterocycles. The first-order valence-corrected chi connectivity index (χ1v) is 9.97. The van der Waals surface area contributed by atoms with Crippen LogP contribution in [0.2, 0.25) is 0 Å². The summed E-state index contributed by atoms with van der Waals surface area (Å²) in [5, 5.41) is 12.4. The van der Waals surface area contributed by atoms with Crippen LogP contribution in [0.3, 0.4) is 0 Å². The lowest BCUT2D eigenvalue weighted by Gasteiger charge is -2.30. The molecule has 2 aromatic rings. The number of carbonyl (C=O) groups is 2. The predicted molar refractivity (Wildman–Crippen MR) is 110 cm³/mol. The molecule has 0 atom stereocenters. The second-order valence-corrected chi connectivity index (χ2v) is 7.75. The molecule has 2 aliphatic rings. The maximum absolute atomic E-state index is 12.8. The molecule has 0 saturated carbocycles. The van der Waals surface area contributed by atoms with Gasteiger partial charge in [0.15, 0.2) is 6.19 Å². The molecule has 0 bridgehead atoms. The second kappa shape index (κ2) is 7.96. The number of benzene rings is 2. The normalized spacial score (nSPS) is 16.3. The van der Waals surface area contributed by atoms with Gasteiger partial charge in [-0.15, -0.1) is 0 Å². The zero-order valence-electron chi connectivity index (χ0n) is 16.5. The number of fused-ring (bicyclic) bond motifs is 1. The van der Waals surface area contributed by atoms with Gasteiger partial charge in [-0.05, 0) is 47.2 Å². The van der Waals surface area contributed by atoms with E-state index in [1.165, 1.54) is 0 Å². The van der Waals surface area contributed by atoms with Gasteiger partial charge in [-0.2, -0.15) is 5.26 Å². The Hall–Kier alpha value is -3.33. The van der Waals surface area contributed by atoms with Gasteiger partial charge in [0.1, 0.15) is 0 Å². The molecule has 6 nitrogen and oxygen atoms in total. The Bertz CT molecular complexity index is 972. The van der Waals surface area contributed by atoms with Gasteiger partial charge in [-0.25, -0.2) is 0 Å². The fraction of sp³-hybridized carbons (Fsp3) is 0.348. The number of amides is 2. The van der Waals surface area contributed by atoms with Gasteiger partial charge in [0.25, 0.3) is 0 Å². The van der Waals surface area contributed by atoms with Gasteiger partial charge in [0.2, 0.25) is 11.8 Å². The number of anilines is 1. The Morgan fingerprint density at radius 3 is 2.48 bits per heavy atom. The predicted octanol–water partition coefficient (Wildman–Crippen LogP) is 3.35. The van der Waals surface area contributed by atoms with Gasteiger partial charge in [-0.3, -0.25) is 9.59 Å². The zero-order chi connectivity index (χ0) is 20.4. The molecule has 0 spiro atoms. The Balaban J connectivity index is 1.57. The fourth-order valence-corrected chi connectivity index (χ4v) is 4.23. The van der Waals surface area contributed by atoms with E-state index >= 15 is 0 Å². The third-order valence-corrected chi connectivity index (χ3v) is 5.86. The van der Waals surface area contributed by atoms with Crippen molar-refractivity contribution in [3.63, 3.8) is 0 Å². The summed E-state index contributed by atoms with van der Waals surface area (Å²) in [5.41, 5.74) is 5.12. The van der Waals surface area contributed by atoms with Crippen LogP contribution in [0, 0.1) is 17.4 Å². The van der Waals surface area contributed by atoms with E-state index < -0.39 is 0 Å². The van der Waals surface area contributed by atoms with E-state index in [1.807, 2.05) is 42.5 Å². The van der Waals surface area contributed by atoms with E-state index in [-0.39, 0.29) is 17.7 Å². The molecule has 2 aromatic carbocycles. The summed E-state index contributed by atoms with van der Waals surface area (Å²) < 4.78 is 0. The van der Waals surface area contributed by atoms with E-state index in [4.69, 9.17) is 0 Å². The highest BCUT2D eigenvalue weighted by Crippen LogP contribution is 2.35. The van der Waals surface area contributed by atoms with Gasteiger partial charge >= 0.3 is 0 Å².